The molecule has 0 saturated heterocycles. The average Bonchev–Trinajstić information content (AvgIpc) is 3.05. The normalized spacial score (nSPS) is 11.7. The van der Waals surface area contributed by atoms with Gasteiger partial charge in [0, 0.05) is 29.1 Å². The lowest BCUT2D eigenvalue weighted by molar-refractivity contribution is 0.0523. The molecule has 0 saturated carbocycles. The molecule has 0 fully saturated rings. The summed E-state index contributed by atoms with van der Waals surface area (Å²) < 4.78 is 6.73. The van der Waals surface area contributed by atoms with Crippen molar-refractivity contribution in [2.45, 2.75) is 73.6 Å². The summed E-state index contributed by atoms with van der Waals surface area (Å²) in [7, 11) is 0. The molecule has 1 amide bonds. The fourth-order valence-electron chi connectivity index (χ4n) is 4.02. The van der Waals surface area contributed by atoms with Crippen molar-refractivity contribution >= 4 is 6.09 Å². The third kappa shape index (κ3) is 6.53. The van der Waals surface area contributed by atoms with E-state index in [1.54, 1.807) is 0 Å². The summed E-state index contributed by atoms with van der Waals surface area (Å²) in [6.07, 6.45) is 1.49. The average molecular weight is 481 g/mol. The number of H-pyrrole nitrogens is 1. The van der Waals surface area contributed by atoms with Gasteiger partial charge in [-0.25, -0.2) is 9.59 Å². The molecule has 8 heteroatoms. The minimum atomic E-state index is -0.617. The molecule has 0 atom stereocenters. The fourth-order valence-corrected chi connectivity index (χ4v) is 4.02. The van der Waals surface area contributed by atoms with Crippen LogP contribution < -0.4 is 11.0 Å². The maximum Gasteiger partial charge on any atom is 0.407 e. The topological polar surface area (TPSA) is 109 Å². The Morgan fingerprint density at radius 3 is 2.37 bits per heavy atom. The molecule has 2 heterocycles. The molecule has 0 spiro atoms. The van der Waals surface area contributed by atoms with Gasteiger partial charge in [-0.15, -0.1) is 0 Å². The van der Waals surface area contributed by atoms with Crippen LogP contribution in [0.15, 0.2) is 35.3 Å². The van der Waals surface area contributed by atoms with Crippen LogP contribution in [0.25, 0.3) is 11.1 Å². The van der Waals surface area contributed by atoms with Gasteiger partial charge in [0.15, 0.2) is 0 Å². The van der Waals surface area contributed by atoms with Gasteiger partial charge in [0.1, 0.15) is 5.60 Å². The van der Waals surface area contributed by atoms with Gasteiger partial charge in [0.2, 0.25) is 5.88 Å². The number of nitrogens with one attached hydrogen (secondary N) is 2. The highest BCUT2D eigenvalue weighted by Crippen LogP contribution is 2.33. The van der Waals surface area contributed by atoms with E-state index in [1.165, 1.54) is 10.8 Å². The Balaban J connectivity index is 2.20. The zero-order valence-corrected chi connectivity index (χ0v) is 21.7. The molecule has 0 aliphatic carbocycles. The van der Waals surface area contributed by atoms with Gasteiger partial charge >= 0.3 is 11.8 Å². The third-order valence-corrected chi connectivity index (χ3v) is 5.60. The highest BCUT2D eigenvalue weighted by molar-refractivity contribution is 5.74. The number of carbonyl (C=O) groups excluding carboxylic acids is 1. The number of hydrogen-bond acceptors (Lipinski definition) is 5. The number of aromatic amines is 1. The van der Waals surface area contributed by atoms with Crippen molar-refractivity contribution in [1.82, 2.24) is 19.9 Å². The Morgan fingerprint density at radius 2 is 1.83 bits per heavy atom. The number of imidazole rings is 1. The van der Waals surface area contributed by atoms with Gasteiger partial charge in [-0.1, -0.05) is 43.7 Å². The summed E-state index contributed by atoms with van der Waals surface area (Å²) in [5.41, 5.74) is 5.28. The number of pyridine rings is 1. The van der Waals surface area contributed by atoms with Crippen LogP contribution in [0.4, 0.5) is 4.79 Å². The van der Waals surface area contributed by atoms with Crippen LogP contribution in [0.1, 0.15) is 62.7 Å². The molecule has 0 unspecified atom stereocenters. The van der Waals surface area contributed by atoms with Crippen LogP contribution >= 0.6 is 0 Å². The number of ether oxygens (including phenoxy) is 1. The number of aryl methyl sites for hydroxylation is 2. The second-order valence-corrected chi connectivity index (χ2v) is 10.3. The maximum absolute atomic E-state index is 12.5. The van der Waals surface area contributed by atoms with Crippen molar-refractivity contribution < 1.29 is 14.6 Å². The van der Waals surface area contributed by atoms with Crippen LogP contribution in [0.3, 0.4) is 0 Å². The van der Waals surface area contributed by atoms with Crippen LogP contribution in [0.2, 0.25) is 0 Å². The number of aromatic nitrogens is 3. The van der Waals surface area contributed by atoms with Crippen LogP contribution in [0.5, 0.6) is 5.88 Å². The standard InChI is InChI=1S/C27H36N4O4/c1-16(2)12-22-20(13-29-26(34)35-27(5,6)7)24(19-10-8-17(3)9-11-19)21(18(4)30-22)15-31-23(32)14-28-25(31)33/h8-11,14,16,32H,12-13,15H2,1-7H3,(H,28,33)(H,29,34). The number of benzene rings is 1. The number of rotatable bonds is 7. The van der Waals surface area contributed by atoms with Crippen molar-refractivity contribution in [2.24, 2.45) is 5.92 Å². The van der Waals surface area contributed by atoms with Crippen molar-refractivity contribution in [3.8, 4) is 17.0 Å². The summed E-state index contributed by atoms with van der Waals surface area (Å²) in [6.45, 7) is 14.0. The van der Waals surface area contributed by atoms with Gasteiger partial charge in [0.05, 0.1) is 12.7 Å². The lowest BCUT2D eigenvalue weighted by atomic mass is 9.89. The van der Waals surface area contributed by atoms with Gasteiger partial charge in [-0.2, -0.15) is 0 Å². The Bertz CT molecular complexity index is 1250. The molecule has 0 aliphatic heterocycles. The zero-order chi connectivity index (χ0) is 25.9. The first kappa shape index (κ1) is 26.1. The van der Waals surface area contributed by atoms with Crippen molar-refractivity contribution in [3.05, 3.63) is 69.0 Å². The lowest BCUT2D eigenvalue weighted by Crippen LogP contribution is -2.32. The number of aromatic hydroxyl groups is 1. The molecular weight excluding hydrogens is 444 g/mol. The molecule has 3 aromatic rings. The van der Waals surface area contributed by atoms with E-state index >= 15 is 0 Å². The minimum Gasteiger partial charge on any atom is -0.493 e. The number of amides is 1. The smallest absolute Gasteiger partial charge is 0.407 e. The molecule has 0 aliphatic rings. The molecular formula is C27H36N4O4. The molecule has 1 aromatic carbocycles. The number of carbonyl (C=O) groups is 1. The Labute approximate surface area is 206 Å². The van der Waals surface area contributed by atoms with Crippen LogP contribution in [0, 0.1) is 19.8 Å². The highest BCUT2D eigenvalue weighted by Gasteiger charge is 2.23. The summed E-state index contributed by atoms with van der Waals surface area (Å²) in [5.74, 6) is 0.194. The molecule has 188 valence electrons. The van der Waals surface area contributed by atoms with Crippen molar-refractivity contribution in [1.29, 1.82) is 0 Å². The molecule has 3 N–H and O–H groups in total. The van der Waals surface area contributed by atoms with Crippen LogP contribution in [-0.2, 0) is 24.2 Å². The second kappa shape index (κ2) is 10.4. The summed E-state index contributed by atoms with van der Waals surface area (Å²) in [5, 5.41) is 13.1. The Morgan fingerprint density at radius 1 is 1.17 bits per heavy atom. The summed E-state index contributed by atoms with van der Waals surface area (Å²) in [4.78, 5) is 32.3. The van der Waals surface area contributed by atoms with E-state index in [0.29, 0.717) is 5.92 Å². The second-order valence-electron chi connectivity index (χ2n) is 10.3. The van der Waals surface area contributed by atoms with Crippen molar-refractivity contribution in [2.75, 3.05) is 0 Å². The zero-order valence-electron chi connectivity index (χ0n) is 21.7. The van der Waals surface area contributed by atoms with E-state index in [4.69, 9.17) is 9.72 Å². The molecule has 0 bridgehead atoms. The summed E-state index contributed by atoms with van der Waals surface area (Å²) >= 11 is 0. The molecule has 0 radical (unpaired) electrons. The minimum absolute atomic E-state index is 0.137. The predicted molar refractivity (Wildman–Crippen MR) is 137 cm³/mol. The first-order chi connectivity index (χ1) is 16.4. The monoisotopic (exact) mass is 480 g/mol. The molecule has 3 rings (SSSR count). The van der Waals surface area contributed by atoms with E-state index in [2.05, 4.69) is 24.1 Å². The quantitative estimate of drug-likeness (QED) is 0.449. The SMILES string of the molecule is Cc1ccc(-c2c(Cn3c(O)c[nH]c3=O)c(C)nc(CC(C)C)c2CNC(=O)OC(C)(C)C)cc1. The molecule has 2 aromatic heterocycles. The fraction of sp³-hybridized carbons (Fsp3) is 0.444. The molecule has 8 nitrogen and oxygen atoms in total. The molecule has 35 heavy (non-hydrogen) atoms. The van der Waals surface area contributed by atoms with Gasteiger partial charge in [-0.05, 0) is 58.1 Å². The van der Waals surface area contributed by atoms with Crippen LogP contribution in [-0.4, -0.2) is 31.3 Å². The Kier molecular flexibility index (Phi) is 7.73. The number of nitrogens with zero attached hydrogens (tertiary/aromatic N) is 2. The van der Waals surface area contributed by atoms with Gasteiger partial charge in [-0.3, -0.25) is 9.55 Å². The first-order valence-corrected chi connectivity index (χ1v) is 11.9. The Hall–Kier alpha value is -3.55. The van der Waals surface area contributed by atoms with Gasteiger partial charge in [0.25, 0.3) is 0 Å². The van der Waals surface area contributed by atoms with Gasteiger partial charge < -0.3 is 20.1 Å². The first-order valence-electron chi connectivity index (χ1n) is 11.9. The maximum atomic E-state index is 12.5. The summed E-state index contributed by atoms with van der Waals surface area (Å²) in [6, 6.07) is 8.12. The van der Waals surface area contributed by atoms with Crippen molar-refractivity contribution in [3.63, 3.8) is 0 Å². The number of hydrogen-bond donors (Lipinski definition) is 3. The van der Waals surface area contributed by atoms with E-state index in [0.717, 1.165) is 45.6 Å². The van der Waals surface area contributed by atoms with E-state index in [-0.39, 0.29) is 19.0 Å². The number of alkyl carbamates (subject to hydrolysis) is 1. The van der Waals surface area contributed by atoms with E-state index in [9.17, 15) is 14.7 Å². The highest BCUT2D eigenvalue weighted by atomic mass is 16.6. The largest absolute Gasteiger partial charge is 0.493 e. The lowest BCUT2D eigenvalue weighted by Gasteiger charge is -2.24. The van der Waals surface area contributed by atoms with E-state index in [1.807, 2.05) is 58.9 Å². The van der Waals surface area contributed by atoms with E-state index < -0.39 is 17.4 Å². The predicted octanol–water partition coefficient (Wildman–Crippen LogP) is 4.83. The third-order valence-electron chi connectivity index (χ3n) is 5.60.